The van der Waals surface area contributed by atoms with Crippen LogP contribution in [0, 0.1) is 0 Å². The summed E-state index contributed by atoms with van der Waals surface area (Å²) >= 11 is 0. The summed E-state index contributed by atoms with van der Waals surface area (Å²) in [4.78, 5) is 14.1. The van der Waals surface area contributed by atoms with Crippen molar-refractivity contribution in [3.8, 4) is 0 Å². The Labute approximate surface area is 153 Å². The molecule has 0 aromatic heterocycles. The Morgan fingerprint density at radius 3 is 2.76 bits per heavy atom. The van der Waals surface area contributed by atoms with Gasteiger partial charge in [-0.1, -0.05) is 12.1 Å². The fourth-order valence-electron chi connectivity index (χ4n) is 3.58. The van der Waals surface area contributed by atoms with E-state index in [2.05, 4.69) is 10.0 Å². The van der Waals surface area contributed by atoms with Crippen LogP contribution in [-0.2, 0) is 10.0 Å². The maximum Gasteiger partial charge on any atom is 0.258 e. The van der Waals surface area contributed by atoms with Gasteiger partial charge in [0.2, 0.25) is 10.0 Å². The summed E-state index contributed by atoms with van der Waals surface area (Å²) in [6.45, 7) is 1.56. The Balaban J connectivity index is 0.00000182. The van der Waals surface area contributed by atoms with Crippen LogP contribution in [0.3, 0.4) is 0 Å². The minimum Gasteiger partial charge on any atom is -0.315 e. The van der Waals surface area contributed by atoms with Gasteiger partial charge in [-0.15, -0.1) is 12.4 Å². The van der Waals surface area contributed by atoms with Crippen LogP contribution in [0.2, 0.25) is 0 Å². The van der Waals surface area contributed by atoms with Gasteiger partial charge in [-0.2, -0.15) is 0 Å². The molecule has 2 aromatic carbocycles. The SMILES string of the molecule is CN1C(=O)c2cccc3c(S(=O)(=O)NC4CCCNC4)ccc1c23.Cl. The molecular formula is C17H20ClN3O3S. The first-order chi connectivity index (χ1) is 11.5. The molecule has 1 atom stereocenters. The number of nitrogens with one attached hydrogen (secondary N) is 2. The molecule has 1 amide bonds. The van der Waals surface area contributed by atoms with Crippen LogP contribution in [0.4, 0.5) is 5.69 Å². The Hall–Kier alpha value is -1.67. The molecule has 0 aliphatic carbocycles. The second-order valence-corrected chi connectivity index (χ2v) is 8.02. The number of carbonyl (C=O) groups excluding carboxylic acids is 1. The number of nitrogens with zero attached hydrogens (tertiary/aromatic N) is 1. The van der Waals surface area contributed by atoms with Gasteiger partial charge < -0.3 is 10.2 Å². The van der Waals surface area contributed by atoms with Crippen LogP contribution in [0.25, 0.3) is 10.8 Å². The van der Waals surface area contributed by atoms with E-state index in [-0.39, 0.29) is 29.3 Å². The van der Waals surface area contributed by atoms with Crippen LogP contribution in [0.5, 0.6) is 0 Å². The van der Waals surface area contributed by atoms with E-state index in [1.54, 1.807) is 42.3 Å². The highest BCUT2D eigenvalue weighted by atomic mass is 35.5. The molecule has 2 aliphatic rings. The smallest absolute Gasteiger partial charge is 0.258 e. The van der Waals surface area contributed by atoms with Crippen molar-refractivity contribution in [3.05, 3.63) is 35.9 Å². The first kappa shape index (κ1) is 18.1. The summed E-state index contributed by atoms with van der Waals surface area (Å²) in [6.07, 6.45) is 1.78. The minimum atomic E-state index is -3.65. The Kier molecular flexibility index (Phi) is 4.76. The van der Waals surface area contributed by atoms with Gasteiger partial charge in [0, 0.05) is 36.0 Å². The highest BCUT2D eigenvalue weighted by molar-refractivity contribution is 7.89. The van der Waals surface area contributed by atoms with Gasteiger partial charge in [-0.05, 0) is 37.6 Å². The fraction of sp³-hybridized carbons (Fsp3) is 0.353. The Morgan fingerprint density at radius 1 is 1.24 bits per heavy atom. The van der Waals surface area contributed by atoms with E-state index in [4.69, 9.17) is 0 Å². The molecule has 6 nitrogen and oxygen atoms in total. The highest BCUT2D eigenvalue weighted by Gasteiger charge is 2.30. The number of sulfonamides is 1. The summed E-state index contributed by atoms with van der Waals surface area (Å²) in [5, 5.41) is 4.52. The summed E-state index contributed by atoms with van der Waals surface area (Å²) in [7, 11) is -1.94. The third-order valence-corrected chi connectivity index (χ3v) is 6.36. The van der Waals surface area contributed by atoms with Crippen molar-refractivity contribution in [2.24, 2.45) is 0 Å². The molecule has 2 N–H and O–H groups in total. The first-order valence-electron chi connectivity index (χ1n) is 8.06. The second-order valence-electron chi connectivity index (χ2n) is 6.34. The fourth-order valence-corrected chi connectivity index (χ4v) is 5.05. The molecule has 4 rings (SSSR count). The lowest BCUT2D eigenvalue weighted by molar-refractivity contribution is 0.0999. The molecule has 25 heavy (non-hydrogen) atoms. The Bertz CT molecular complexity index is 940. The number of rotatable bonds is 3. The van der Waals surface area contributed by atoms with Crippen molar-refractivity contribution in [2.75, 3.05) is 25.0 Å². The maximum absolute atomic E-state index is 12.9. The molecule has 1 unspecified atom stereocenters. The zero-order valence-electron chi connectivity index (χ0n) is 13.8. The van der Waals surface area contributed by atoms with Gasteiger partial charge in [-0.3, -0.25) is 4.79 Å². The number of anilines is 1. The van der Waals surface area contributed by atoms with Crippen LogP contribution in [0.1, 0.15) is 23.2 Å². The normalized spacial score (nSPS) is 20.0. The number of halogens is 1. The molecule has 134 valence electrons. The van der Waals surface area contributed by atoms with Gasteiger partial charge in [-0.25, -0.2) is 13.1 Å². The number of benzene rings is 2. The molecular weight excluding hydrogens is 362 g/mol. The van der Waals surface area contributed by atoms with Crippen molar-refractivity contribution in [2.45, 2.75) is 23.8 Å². The van der Waals surface area contributed by atoms with Crippen LogP contribution >= 0.6 is 12.4 Å². The summed E-state index contributed by atoms with van der Waals surface area (Å²) in [5.74, 6) is -0.102. The number of piperidine rings is 1. The summed E-state index contributed by atoms with van der Waals surface area (Å²) in [6, 6.07) is 8.45. The molecule has 2 aromatic rings. The molecule has 0 radical (unpaired) electrons. The molecule has 1 saturated heterocycles. The molecule has 2 aliphatic heterocycles. The van der Waals surface area contributed by atoms with Crippen LogP contribution in [0.15, 0.2) is 35.2 Å². The lowest BCUT2D eigenvalue weighted by atomic mass is 10.1. The van der Waals surface area contributed by atoms with Crippen molar-refractivity contribution in [1.82, 2.24) is 10.0 Å². The monoisotopic (exact) mass is 381 g/mol. The lowest BCUT2D eigenvalue weighted by Crippen LogP contribution is -2.45. The van der Waals surface area contributed by atoms with E-state index in [0.717, 1.165) is 30.5 Å². The van der Waals surface area contributed by atoms with E-state index in [1.807, 2.05) is 0 Å². The van der Waals surface area contributed by atoms with E-state index in [1.165, 1.54) is 0 Å². The summed E-state index contributed by atoms with van der Waals surface area (Å²) in [5.41, 5.74) is 1.31. The van der Waals surface area contributed by atoms with E-state index < -0.39 is 10.0 Å². The third-order valence-electron chi connectivity index (χ3n) is 4.78. The second kappa shape index (κ2) is 6.57. The topological polar surface area (TPSA) is 78.5 Å². The first-order valence-corrected chi connectivity index (χ1v) is 9.54. The van der Waals surface area contributed by atoms with Gasteiger partial charge in [0.25, 0.3) is 5.91 Å². The van der Waals surface area contributed by atoms with Crippen LogP contribution in [-0.4, -0.2) is 40.5 Å². The van der Waals surface area contributed by atoms with E-state index in [9.17, 15) is 13.2 Å². The van der Waals surface area contributed by atoms with Gasteiger partial charge >= 0.3 is 0 Å². The minimum absolute atomic E-state index is 0. The highest BCUT2D eigenvalue weighted by Crippen LogP contribution is 2.39. The largest absolute Gasteiger partial charge is 0.315 e. The van der Waals surface area contributed by atoms with E-state index >= 15 is 0 Å². The number of carbonyl (C=O) groups is 1. The number of hydrogen-bond donors (Lipinski definition) is 2. The lowest BCUT2D eigenvalue weighted by Gasteiger charge is -2.24. The zero-order valence-corrected chi connectivity index (χ0v) is 15.4. The average Bonchev–Trinajstić information content (AvgIpc) is 2.82. The number of hydrogen-bond acceptors (Lipinski definition) is 4. The molecule has 0 saturated carbocycles. The summed E-state index contributed by atoms with van der Waals surface area (Å²) < 4.78 is 28.6. The Morgan fingerprint density at radius 2 is 2.04 bits per heavy atom. The zero-order chi connectivity index (χ0) is 16.9. The van der Waals surface area contributed by atoms with E-state index in [0.29, 0.717) is 17.5 Å². The predicted octanol–water partition coefficient (Wildman–Crippen LogP) is 1.88. The average molecular weight is 382 g/mol. The maximum atomic E-state index is 12.9. The van der Waals surface area contributed by atoms with Crippen molar-refractivity contribution in [3.63, 3.8) is 0 Å². The molecule has 8 heteroatoms. The predicted molar refractivity (Wildman–Crippen MR) is 100 cm³/mol. The molecule has 0 spiro atoms. The van der Waals surface area contributed by atoms with Crippen molar-refractivity contribution in [1.29, 1.82) is 0 Å². The number of amides is 1. The van der Waals surface area contributed by atoms with Crippen molar-refractivity contribution < 1.29 is 13.2 Å². The van der Waals surface area contributed by atoms with Gasteiger partial charge in [0.1, 0.15) is 0 Å². The molecule has 2 heterocycles. The molecule has 0 bridgehead atoms. The van der Waals surface area contributed by atoms with Crippen molar-refractivity contribution >= 4 is 44.8 Å². The third kappa shape index (κ3) is 2.91. The van der Waals surface area contributed by atoms with Crippen LogP contribution < -0.4 is 14.9 Å². The molecule has 1 fully saturated rings. The van der Waals surface area contributed by atoms with Gasteiger partial charge in [0.05, 0.1) is 10.6 Å². The quantitative estimate of drug-likeness (QED) is 0.850. The van der Waals surface area contributed by atoms with Gasteiger partial charge in [0.15, 0.2) is 0 Å². The standard InChI is InChI=1S/C17H19N3O3S.ClH/c1-20-14-7-8-15(12-5-2-6-13(16(12)14)17(20)21)24(22,23)19-11-4-3-9-18-10-11;/h2,5-8,11,18-19H,3-4,9-10H2,1H3;1H.